The van der Waals surface area contributed by atoms with Crippen molar-refractivity contribution >= 4 is 5.97 Å². The van der Waals surface area contributed by atoms with Gasteiger partial charge in [0, 0.05) is 6.54 Å². The predicted octanol–water partition coefficient (Wildman–Crippen LogP) is 2.15. The van der Waals surface area contributed by atoms with E-state index in [0.29, 0.717) is 6.61 Å². The topological polar surface area (TPSA) is 92.3 Å². The summed E-state index contributed by atoms with van der Waals surface area (Å²) in [5, 5.41) is 18.3. The Bertz CT molecular complexity index is 804. The van der Waals surface area contributed by atoms with Gasteiger partial charge in [0.15, 0.2) is 0 Å². The molecule has 0 saturated carbocycles. The lowest BCUT2D eigenvalue weighted by atomic mass is 10.1. The minimum absolute atomic E-state index is 0.0225. The minimum atomic E-state index is -1.19. The first kappa shape index (κ1) is 16.5. The van der Waals surface area contributed by atoms with Crippen molar-refractivity contribution in [2.24, 2.45) is 0 Å². The quantitative estimate of drug-likeness (QED) is 0.882. The molecule has 6 heteroatoms. The Kier molecular flexibility index (Phi) is 5.28. The van der Waals surface area contributed by atoms with Gasteiger partial charge in [0.2, 0.25) is 0 Å². The second-order valence-electron chi connectivity index (χ2n) is 4.86. The van der Waals surface area contributed by atoms with E-state index < -0.39 is 11.5 Å². The van der Waals surface area contributed by atoms with Gasteiger partial charge in [-0.3, -0.25) is 4.79 Å². The fraction of sp³-hybridized carbons (Fsp3) is 0.235. The molecule has 1 heterocycles. The van der Waals surface area contributed by atoms with Crippen LogP contribution in [-0.4, -0.2) is 15.6 Å². The molecule has 2 rings (SSSR count). The van der Waals surface area contributed by atoms with Crippen LogP contribution in [0.4, 0.5) is 0 Å². The van der Waals surface area contributed by atoms with Crippen LogP contribution in [0.15, 0.2) is 41.2 Å². The molecule has 1 N–H and O–H groups in total. The summed E-state index contributed by atoms with van der Waals surface area (Å²) in [4.78, 5) is 23.6. The van der Waals surface area contributed by atoms with Crippen LogP contribution in [0.2, 0.25) is 0 Å². The summed E-state index contributed by atoms with van der Waals surface area (Å²) < 4.78 is 6.83. The Morgan fingerprint density at radius 3 is 2.57 bits per heavy atom. The van der Waals surface area contributed by atoms with Crippen LogP contribution in [0.25, 0.3) is 0 Å². The highest BCUT2D eigenvalue weighted by atomic mass is 16.5. The third-order valence-corrected chi connectivity index (χ3v) is 3.42. The number of nitrogens with zero attached hydrogens (tertiary/aromatic N) is 2. The second-order valence-corrected chi connectivity index (χ2v) is 4.86. The summed E-state index contributed by atoms with van der Waals surface area (Å²) in [6, 6.07) is 12.3. The highest BCUT2D eigenvalue weighted by molar-refractivity contribution is 5.89. The van der Waals surface area contributed by atoms with Crippen LogP contribution >= 0.6 is 0 Å². The number of hydrogen-bond donors (Lipinski definition) is 1. The van der Waals surface area contributed by atoms with E-state index in [9.17, 15) is 14.7 Å². The largest absolute Gasteiger partial charge is 0.478 e. The number of carbonyl (C=O) groups is 1. The van der Waals surface area contributed by atoms with Crippen LogP contribution in [0.5, 0.6) is 0 Å². The maximum absolute atomic E-state index is 12.2. The number of aromatic carboxylic acids is 1. The predicted molar refractivity (Wildman–Crippen MR) is 83.0 cm³/mol. The van der Waals surface area contributed by atoms with Gasteiger partial charge in [-0.25, -0.2) is 4.79 Å². The molecule has 0 aliphatic rings. The van der Waals surface area contributed by atoms with E-state index in [0.717, 1.165) is 11.6 Å². The highest BCUT2D eigenvalue weighted by Crippen LogP contribution is 2.12. The number of carboxylic acids is 1. The molecule has 0 aliphatic heterocycles. The number of aromatic nitrogens is 1. The molecule has 6 nitrogen and oxygen atoms in total. The smallest absolute Gasteiger partial charge is 0.337 e. The standard InChI is InChI=1S/C17H16N2O4/c1-2-19-15(11-23-10-12-6-4-3-5-7-12)14(17(21)22)8-13(9-18)16(19)20/h3-8H,2,10-11H2,1H3,(H,21,22). The van der Waals surface area contributed by atoms with Gasteiger partial charge in [0.05, 0.1) is 24.5 Å². The zero-order chi connectivity index (χ0) is 16.8. The molecule has 1 aromatic carbocycles. The van der Waals surface area contributed by atoms with E-state index in [1.807, 2.05) is 30.3 Å². The van der Waals surface area contributed by atoms with E-state index in [2.05, 4.69) is 0 Å². The summed E-state index contributed by atoms with van der Waals surface area (Å²) in [6.45, 7) is 2.26. The average molecular weight is 312 g/mol. The summed E-state index contributed by atoms with van der Waals surface area (Å²) in [5.74, 6) is -1.19. The van der Waals surface area contributed by atoms with Gasteiger partial charge in [0.25, 0.3) is 5.56 Å². The lowest BCUT2D eigenvalue weighted by Gasteiger charge is -2.15. The van der Waals surface area contributed by atoms with Crippen molar-refractivity contribution in [3.05, 3.63) is 69.1 Å². The van der Waals surface area contributed by atoms with Crippen molar-refractivity contribution in [3.63, 3.8) is 0 Å². The molecule has 0 amide bonds. The van der Waals surface area contributed by atoms with Gasteiger partial charge in [-0.05, 0) is 18.6 Å². The fourth-order valence-electron chi connectivity index (χ4n) is 2.30. The molecule has 0 unspecified atom stereocenters. The maximum Gasteiger partial charge on any atom is 0.337 e. The molecule has 23 heavy (non-hydrogen) atoms. The highest BCUT2D eigenvalue weighted by Gasteiger charge is 2.18. The molecule has 0 spiro atoms. The lowest BCUT2D eigenvalue weighted by Crippen LogP contribution is -2.28. The molecule has 118 valence electrons. The third kappa shape index (κ3) is 3.65. The van der Waals surface area contributed by atoms with Crippen molar-refractivity contribution in [1.82, 2.24) is 4.57 Å². The average Bonchev–Trinajstić information content (AvgIpc) is 2.56. The van der Waals surface area contributed by atoms with Gasteiger partial charge < -0.3 is 14.4 Å². The first-order valence-electron chi connectivity index (χ1n) is 7.10. The first-order chi connectivity index (χ1) is 11.1. The summed E-state index contributed by atoms with van der Waals surface area (Å²) in [7, 11) is 0. The van der Waals surface area contributed by atoms with Crippen LogP contribution in [0.3, 0.4) is 0 Å². The first-order valence-corrected chi connectivity index (χ1v) is 7.10. The molecular formula is C17H16N2O4. The third-order valence-electron chi connectivity index (χ3n) is 3.42. The molecule has 0 atom stereocenters. The van der Waals surface area contributed by atoms with E-state index >= 15 is 0 Å². The molecule has 1 aromatic heterocycles. The second kappa shape index (κ2) is 7.38. The molecule has 0 fully saturated rings. The number of benzene rings is 1. The Hall–Kier alpha value is -2.91. The van der Waals surface area contributed by atoms with Crippen molar-refractivity contribution in [3.8, 4) is 6.07 Å². The van der Waals surface area contributed by atoms with Gasteiger partial charge in [-0.1, -0.05) is 30.3 Å². The van der Waals surface area contributed by atoms with Gasteiger partial charge >= 0.3 is 5.97 Å². The molecule has 0 radical (unpaired) electrons. The van der Waals surface area contributed by atoms with Gasteiger partial charge in [-0.2, -0.15) is 5.26 Å². The fourth-order valence-corrected chi connectivity index (χ4v) is 2.30. The van der Waals surface area contributed by atoms with Gasteiger partial charge in [-0.15, -0.1) is 0 Å². The molecule has 0 saturated heterocycles. The summed E-state index contributed by atoms with van der Waals surface area (Å²) in [6.07, 6.45) is 0. The Labute approximate surface area is 133 Å². The van der Waals surface area contributed by atoms with E-state index in [1.54, 1.807) is 13.0 Å². The zero-order valence-corrected chi connectivity index (χ0v) is 12.7. The number of rotatable bonds is 6. The molecule has 0 bridgehead atoms. The number of nitriles is 1. The Balaban J connectivity index is 2.33. The molecular weight excluding hydrogens is 296 g/mol. The van der Waals surface area contributed by atoms with Crippen LogP contribution < -0.4 is 5.56 Å². The lowest BCUT2D eigenvalue weighted by molar-refractivity contribution is 0.0678. The van der Waals surface area contributed by atoms with Crippen LogP contribution in [0, 0.1) is 11.3 Å². The SMILES string of the molecule is CCn1c(COCc2ccccc2)c(C(=O)O)cc(C#N)c1=O. The molecule has 2 aromatic rings. The number of carboxylic acid groups (broad SMARTS) is 1. The van der Waals surface area contributed by atoms with Crippen molar-refractivity contribution in [2.45, 2.75) is 26.7 Å². The van der Waals surface area contributed by atoms with Crippen LogP contribution in [0.1, 0.15) is 34.1 Å². The van der Waals surface area contributed by atoms with E-state index in [-0.39, 0.29) is 30.0 Å². The monoisotopic (exact) mass is 312 g/mol. The Morgan fingerprint density at radius 2 is 2.00 bits per heavy atom. The number of pyridine rings is 1. The normalized spacial score (nSPS) is 10.3. The van der Waals surface area contributed by atoms with Gasteiger partial charge in [0.1, 0.15) is 11.6 Å². The number of ether oxygens (including phenoxy) is 1. The zero-order valence-electron chi connectivity index (χ0n) is 12.7. The van der Waals surface area contributed by atoms with Crippen molar-refractivity contribution < 1.29 is 14.6 Å². The van der Waals surface area contributed by atoms with Crippen molar-refractivity contribution in [1.29, 1.82) is 5.26 Å². The Morgan fingerprint density at radius 1 is 1.30 bits per heavy atom. The minimum Gasteiger partial charge on any atom is -0.478 e. The maximum atomic E-state index is 12.2. The van der Waals surface area contributed by atoms with E-state index in [4.69, 9.17) is 10.00 Å². The number of hydrogen-bond acceptors (Lipinski definition) is 4. The van der Waals surface area contributed by atoms with Crippen molar-refractivity contribution in [2.75, 3.05) is 0 Å². The van der Waals surface area contributed by atoms with Crippen LogP contribution in [-0.2, 0) is 24.5 Å². The summed E-state index contributed by atoms with van der Waals surface area (Å²) >= 11 is 0. The molecule has 0 aliphatic carbocycles. The summed E-state index contributed by atoms with van der Waals surface area (Å²) in [5.41, 5.74) is 0.439. The van der Waals surface area contributed by atoms with E-state index in [1.165, 1.54) is 4.57 Å².